The van der Waals surface area contributed by atoms with Gasteiger partial charge in [-0.25, -0.2) is 4.72 Å². The number of hydrazone groups is 1. The van der Waals surface area contributed by atoms with Gasteiger partial charge in [0.05, 0.1) is 11.3 Å². The highest BCUT2D eigenvalue weighted by atomic mass is 33.1. The average Bonchev–Trinajstić information content (AvgIpc) is 2.40. The van der Waals surface area contributed by atoms with Crippen LogP contribution in [-0.4, -0.2) is 30.0 Å². The van der Waals surface area contributed by atoms with Crippen LogP contribution >= 0.6 is 22.5 Å². The van der Waals surface area contributed by atoms with Crippen LogP contribution in [0.5, 0.6) is 0 Å². The molecule has 0 amide bonds. The van der Waals surface area contributed by atoms with Crippen LogP contribution in [0.1, 0.15) is 20.8 Å². The SMILES string of the molecule is CC(SS)C1=NN(C(C)C)S(=O)(=O)N1. The number of hydrogen-bond donors (Lipinski definition) is 2. The zero-order valence-corrected chi connectivity index (χ0v) is 10.7. The molecule has 0 aromatic carbocycles. The van der Waals surface area contributed by atoms with Gasteiger partial charge in [0.2, 0.25) is 0 Å². The molecular weight excluding hydrogens is 242 g/mol. The minimum Gasteiger partial charge on any atom is -0.250 e. The lowest BCUT2D eigenvalue weighted by atomic mass is 10.4. The van der Waals surface area contributed by atoms with E-state index >= 15 is 0 Å². The molecule has 14 heavy (non-hydrogen) atoms. The molecule has 0 aliphatic carbocycles. The van der Waals surface area contributed by atoms with Crippen LogP contribution in [0.4, 0.5) is 0 Å². The molecule has 0 spiro atoms. The minimum absolute atomic E-state index is 0.0724. The Morgan fingerprint density at radius 1 is 1.50 bits per heavy atom. The van der Waals surface area contributed by atoms with E-state index in [-0.39, 0.29) is 11.3 Å². The molecule has 0 radical (unpaired) electrons. The van der Waals surface area contributed by atoms with Crippen molar-refractivity contribution in [2.45, 2.75) is 32.1 Å². The second-order valence-electron chi connectivity index (χ2n) is 3.21. The van der Waals surface area contributed by atoms with E-state index in [0.717, 1.165) is 4.41 Å². The molecule has 1 heterocycles. The summed E-state index contributed by atoms with van der Waals surface area (Å²) in [6.45, 7) is 5.37. The molecular formula is C6H13N3O2S3. The number of hydrogen-bond acceptors (Lipinski definition) is 5. The Labute approximate surface area is 93.3 Å². The molecule has 5 nitrogen and oxygen atoms in total. The normalized spacial score (nSPS) is 22.1. The van der Waals surface area contributed by atoms with Gasteiger partial charge in [0.15, 0.2) is 5.84 Å². The van der Waals surface area contributed by atoms with Crippen molar-refractivity contribution < 1.29 is 8.42 Å². The van der Waals surface area contributed by atoms with E-state index in [1.165, 1.54) is 10.8 Å². The smallest absolute Gasteiger partial charge is 0.250 e. The molecule has 1 N–H and O–H groups in total. The molecule has 0 aromatic heterocycles. The molecule has 1 aliphatic heterocycles. The van der Waals surface area contributed by atoms with Gasteiger partial charge in [0.1, 0.15) is 0 Å². The van der Waals surface area contributed by atoms with E-state index in [1.54, 1.807) is 13.8 Å². The summed E-state index contributed by atoms with van der Waals surface area (Å²) < 4.78 is 26.5. The topological polar surface area (TPSA) is 61.8 Å². The van der Waals surface area contributed by atoms with Gasteiger partial charge in [0, 0.05) is 0 Å². The van der Waals surface area contributed by atoms with E-state index in [0.29, 0.717) is 5.84 Å². The Hall–Kier alpha value is -0.0800. The highest BCUT2D eigenvalue weighted by Gasteiger charge is 2.33. The van der Waals surface area contributed by atoms with Gasteiger partial charge in [-0.3, -0.25) is 0 Å². The Kier molecular flexibility index (Phi) is 3.59. The van der Waals surface area contributed by atoms with E-state index in [1.807, 2.05) is 6.92 Å². The van der Waals surface area contributed by atoms with Crippen molar-refractivity contribution in [3.05, 3.63) is 0 Å². The van der Waals surface area contributed by atoms with Crippen LogP contribution in [0.15, 0.2) is 5.10 Å². The van der Waals surface area contributed by atoms with Crippen molar-refractivity contribution in [1.29, 1.82) is 0 Å². The maximum Gasteiger partial charge on any atom is 0.340 e. The number of nitrogens with zero attached hydrogens (tertiary/aromatic N) is 2. The zero-order valence-electron chi connectivity index (χ0n) is 8.13. The fraction of sp³-hybridized carbons (Fsp3) is 0.833. The zero-order chi connectivity index (χ0) is 10.9. The largest absolute Gasteiger partial charge is 0.340 e. The van der Waals surface area contributed by atoms with Crippen molar-refractivity contribution in [2.24, 2.45) is 5.10 Å². The van der Waals surface area contributed by atoms with Gasteiger partial charge in [-0.05, 0) is 20.8 Å². The molecule has 1 unspecified atom stereocenters. The van der Waals surface area contributed by atoms with Gasteiger partial charge in [-0.2, -0.15) is 12.8 Å². The van der Waals surface area contributed by atoms with Crippen LogP contribution in [0.25, 0.3) is 0 Å². The molecule has 8 heteroatoms. The molecule has 0 aromatic rings. The van der Waals surface area contributed by atoms with Gasteiger partial charge in [-0.1, -0.05) is 10.8 Å². The third-order valence-corrected chi connectivity index (χ3v) is 4.62. The Balaban J connectivity index is 2.92. The molecule has 0 fully saturated rings. The van der Waals surface area contributed by atoms with Crippen LogP contribution in [0.3, 0.4) is 0 Å². The minimum atomic E-state index is -3.46. The summed E-state index contributed by atoms with van der Waals surface area (Å²) in [6.07, 6.45) is 0. The predicted octanol–water partition coefficient (Wildman–Crippen LogP) is 0.825. The first kappa shape index (κ1) is 12.0. The monoisotopic (exact) mass is 255 g/mol. The quantitative estimate of drug-likeness (QED) is 0.580. The second-order valence-corrected chi connectivity index (χ2v) is 6.29. The Morgan fingerprint density at radius 3 is 2.43 bits per heavy atom. The van der Waals surface area contributed by atoms with Crippen LogP contribution in [-0.2, 0) is 10.2 Å². The average molecular weight is 255 g/mol. The van der Waals surface area contributed by atoms with E-state index in [2.05, 4.69) is 21.5 Å². The summed E-state index contributed by atoms with van der Waals surface area (Å²) in [5.74, 6) is 0.429. The fourth-order valence-electron chi connectivity index (χ4n) is 0.966. The molecule has 0 saturated heterocycles. The van der Waals surface area contributed by atoms with Gasteiger partial charge >= 0.3 is 10.2 Å². The maximum absolute atomic E-state index is 11.5. The van der Waals surface area contributed by atoms with Crippen LogP contribution in [0, 0.1) is 0 Å². The first-order chi connectivity index (χ1) is 6.38. The Morgan fingerprint density at radius 2 is 2.07 bits per heavy atom. The lowest BCUT2D eigenvalue weighted by molar-refractivity contribution is 0.378. The summed E-state index contributed by atoms with van der Waals surface area (Å²) in [4.78, 5) is 0. The summed E-state index contributed by atoms with van der Waals surface area (Å²) in [5, 5.41) is 3.92. The fourth-order valence-corrected chi connectivity index (χ4v) is 2.87. The number of nitrogens with one attached hydrogen (secondary N) is 1. The number of amidine groups is 1. The molecule has 0 saturated carbocycles. The predicted molar refractivity (Wildman–Crippen MR) is 62.5 cm³/mol. The van der Waals surface area contributed by atoms with Crippen molar-refractivity contribution >= 4 is 38.5 Å². The maximum atomic E-state index is 11.5. The second kappa shape index (κ2) is 4.19. The first-order valence-electron chi connectivity index (χ1n) is 4.09. The molecule has 82 valence electrons. The summed E-state index contributed by atoms with van der Waals surface area (Å²) >= 11 is 4.01. The van der Waals surface area contributed by atoms with Gasteiger partial charge in [-0.15, -0.1) is 16.8 Å². The van der Waals surface area contributed by atoms with Gasteiger partial charge < -0.3 is 0 Å². The summed E-state index contributed by atoms with van der Waals surface area (Å²) in [7, 11) is -2.21. The lowest BCUT2D eigenvalue weighted by Gasteiger charge is -2.15. The van der Waals surface area contributed by atoms with Crippen LogP contribution < -0.4 is 4.72 Å². The highest BCUT2D eigenvalue weighted by Crippen LogP contribution is 2.20. The summed E-state index contributed by atoms with van der Waals surface area (Å²) in [5.41, 5.74) is 0. The molecule has 0 bridgehead atoms. The lowest BCUT2D eigenvalue weighted by Crippen LogP contribution is -2.37. The highest BCUT2D eigenvalue weighted by molar-refractivity contribution is 8.69. The standard InChI is InChI=1S/C6H13N3O2S3/c1-4(2)9-7-6(5(3)13-12)8-14(9,10)11/h4-5,12H,1-3H3,(H,7,8). The van der Waals surface area contributed by atoms with Crippen molar-refractivity contribution in [2.75, 3.05) is 0 Å². The molecule has 1 aliphatic rings. The third kappa shape index (κ3) is 2.29. The number of rotatable bonds is 3. The van der Waals surface area contributed by atoms with Crippen molar-refractivity contribution in [1.82, 2.24) is 9.14 Å². The summed E-state index contributed by atoms with van der Waals surface area (Å²) in [6, 6.07) is -0.179. The van der Waals surface area contributed by atoms with E-state index in [4.69, 9.17) is 0 Å². The van der Waals surface area contributed by atoms with Crippen molar-refractivity contribution in [3.8, 4) is 0 Å². The van der Waals surface area contributed by atoms with Crippen LogP contribution in [0.2, 0.25) is 0 Å². The first-order valence-corrected chi connectivity index (χ1v) is 7.46. The van der Waals surface area contributed by atoms with Gasteiger partial charge in [0.25, 0.3) is 0 Å². The van der Waals surface area contributed by atoms with E-state index in [9.17, 15) is 8.42 Å². The number of thiol groups is 1. The van der Waals surface area contributed by atoms with Crippen molar-refractivity contribution in [3.63, 3.8) is 0 Å². The van der Waals surface area contributed by atoms with E-state index < -0.39 is 10.2 Å². The molecule has 1 atom stereocenters. The molecule has 1 rings (SSSR count). The third-order valence-electron chi connectivity index (χ3n) is 1.67. The Bertz CT molecular complexity index is 338.